The van der Waals surface area contributed by atoms with Gasteiger partial charge in [-0.3, -0.25) is 9.36 Å². The molecule has 34 heavy (non-hydrogen) atoms. The van der Waals surface area contributed by atoms with Crippen molar-refractivity contribution in [3.05, 3.63) is 77.4 Å². The molecule has 174 valence electrons. The number of hydrogen-bond acceptors (Lipinski definition) is 7. The van der Waals surface area contributed by atoms with E-state index in [9.17, 15) is 4.79 Å². The Hall–Kier alpha value is -3.30. The number of rotatable bonds is 7. The summed E-state index contributed by atoms with van der Waals surface area (Å²) >= 11 is 7.39. The minimum atomic E-state index is -0.454. The van der Waals surface area contributed by atoms with Gasteiger partial charge in [0, 0.05) is 18.0 Å². The summed E-state index contributed by atoms with van der Waals surface area (Å²) in [5.41, 5.74) is 1.73. The van der Waals surface area contributed by atoms with Gasteiger partial charge >= 0.3 is 0 Å². The van der Waals surface area contributed by atoms with Gasteiger partial charge in [0.25, 0.3) is 5.91 Å². The van der Waals surface area contributed by atoms with Gasteiger partial charge in [-0.05, 0) is 55.8 Å². The molecule has 0 spiro atoms. The Morgan fingerprint density at radius 2 is 1.91 bits per heavy atom. The number of aromatic nitrogens is 3. The van der Waals surface area contributed by atoms with Gasteiger partial charge in [-0.1, -0.05) is 35.5 Å². The molecule has 4 heterocycles. The topological polar surface area (TPSA) is 89.7 Å². The molecule has 1 aromatic carbocycles. The summed E-state index contributed by atoms with van der Waals surface area (Å²) in [6, 6.07) is 14.5. The fraction of sp³-hybridized carbons (Fsp3) is 0.250. The van der Waals surface area contributed by atoms with Crippen LogP contribution in [0.2, 0.25) is 5.02 Å². The first kappa shape index (κ1) is 22.5. The lowest BCUT2D eigenvalue weighted by atomic mass is 10.0. The Kier molecular flexibility index (Phi) is 6.30. The van der Waals surface area contributed by atoms with Crippen molar-refractivity contribution in [2.45, 2.75) is 43.3 Å². The van der Waals surface area contributed by atoms with Gasteiger partial charge in [0.05, 0.1) is 23.5 Å². The van der Waals surface area contributed by atoms with Crippen LogP contribution in [0.3, 0.4) is 0 Å². The zero-order valence-electron chi connectivity index (χ0n) is 18.6. The second kappa shape index (κ2) is 9.52. The number of halogens is 1. The quantitative estimate of drug-likeness (QED) is 0.307. The van der Waals surface area contributed by atoms with Gasteiger partial charge in [-0.25, -0.2) is 5.01 Å². The van der Waals surface area contributed by atoms with Gasteiger partial charge in [-0.2, -0.15) is 5.10 Å². The van der Waals surface area contributed by atoms with E-state index in [4.69, 9.17) is 25.5 Å². The predicted molar refractivity (Wildman–Crippen MR) is 130 cm³/mol. The van der Waals surface area contributed by atoms with Gasteiger partial charge in [0.1, 0.15) is 11.8 Å². The highest BCUT2D eigenvalue weighted by atomic mass is 35.5. The van der Waals surface area contributed by atoms with Crippen LogP contribution in [0.5, 0.6) is 0 Å². The molecule has 5 rings (SSSR count). The molecular weight excluding hydrogens is 474 g/mol. The van der Waals surface area contributed by atoms with Crippen LogP contribution in [0.15, 0.2) is 80.1 Å². The fourth-order valence-electron chi connectivity index (χ4n) is 3.88. The molecule has 0 radical (unpaired) electrons. The maximum Gasteiger partial charge on any atom is 0.256 e. The normalized spacial score (nSPS) is 16.6. The minimum Gasteiger partial charge on any atom is -0.467 e. The second-order valence-corrected chi connectivity index (χ2v) is 9.50. The summed E-state index contributed by atoms with van der Waals surface area (Å²) in [6.07, 6.45) is 3.75. The van der Waals surface area contributed by atoms with Crippen LogP contribution in [-0.2, 0) is 11.3 Å². The van der Waals surface area contributed by atoms with Crippen molar-refractivity contribution in [3.8, 4) is 11.6 Å². The lowest BCUT2D eigenvalue weighted by Gasteiger charge is -2.22. The van der Waals surface area contributed by atoms with E-state index in [1.54, 1.807) is 18.6 Å². The van der Waals surface area contributed by atoms with E-state index < -0.39 is 5.25 Å². The van der Waals surface area contributed by atoms with E-state index in [1.165, 1.54) is 16.8 Å². The average Bonchev–Trinajstić information content (AvgIpc) is 3.65. The molecule has 0 N–H and O–H groups in total. The molecule has 10 heteroatoms. The molecule has 1 aliphatic heterocycles. The number of carbonyl (C=O) groups is 1. The zero-order valence-corrected chi connectivity index (χ0v) is 20.2. The van der Waals surface area contributed by atoms with Crippen molar-refractivity contribution in [1.82, 2.24) is 19.8 Å². The number of carbonyl (C=O) groups excluding carboxylic acids is 1. The summed E-state index contributed by atoms with van der Waals surface area (Å²) < 4.78 is 13.1. The Morgan fingerprint density at radius 1 is 1.15 bits per heavy atom. The summed E-state index contributed by atoms with van der Waals surface area (Å²) in [7, 11) is 0. The highest BCUT2D eigenvalue weighted by Crippen LogP contribution is 2.36. The van der Waals surface area contributed by atoms with Gasteiger partial charge in [0.15, 0.2) is 16.7 Å². The van der Waals surface area contributed by atoms with Crippen molar-refractivity contribution >= 4 is 35.0 Å². The Morgan fingerprint density at radius 3 is 2.59 bits per heavy atom. The molecule has 0 aliphatic carbocycles. The average molecular weight is 496 g/mol. The number of hydrogen-bond donors (Lipinski definition) is 0. The van der Waals surface area contributed by atoms with E-state index in [-0.39, 0.29) is 11.9 Å². The summed E-state index contributed by atoms with van der Waals surface area (Å²) in [6.45, 7) is 4.50. The van der Waals surface area contributed by atoms with E-state index >= 15 is 0 Å². The van der Waals surface area contributed by atoms with Crippen LogP contribution in [0.1, 0.15) is 37.6 Å². The minimum absolute atomic E-state index is 0.138. The number of benzene rings is 1. The van der Waals surface area contributed by atoms with E-state index in [0.29, 0.717) is 40.5 Å². The van der Waals surface area contributed by atoms with E-state index in [2.05, 4.69) is 10.2 Å². The smallest absolute Gasteiger partial charge is 0.256 e. The molecule has 2 atom stereocenters. The standard InChI is InChI=1S/C24H22ClN5O3S/c1-3-29-22(21-7-5-13-33-21)26-27-24(29)34-15(2)23(31)30-19(20-6-4-12-32-20)14-18(28-30)16-8-10-17(25)11-9-16/h4-13,15,19H,3,14H2,1-2H3/t15-,19+/m1/s1. The first-order valence-corrected chi connectivity index (χ1v) is 12.1. The van der Waals surface area contributed by atoms with Gasteiger partial charge < -0.3 is 8.83 Å². The second-order valence-electron chi connectivity index (χ2n) is 7.76. The van der Waals surface area contributed by atoms with Crippen molar-refractivity contribution < 1.29 is 13.6 Å². The first-order valence-electron chi connectivity index (χ1n) is 10.9. The molecule has 8 nitrogen and oxygen atoms in total. The molecule has 4 aromatic rings. The number of thioether (sulfide) groups is 1. The maximum atomic E-state index is 13.6. The van der Waals surface area contributed by atoms with Crippen LogP contribution >= 0.6 is 23.4 Å². The molecule has 0 saturated carbocycles. The monoisotopic (exact) mass is 495 g/mol. The van der Waals surface area contributed by atoms with Crippen LogP contribution in [-0.4, -0.2) is 36.6 Å². The molecule has 1 amide bonds. The molecule has 0 fully saturated rings. The van der Waals surface area contributed by atoms with Crippen LogP contribution in [0.25, 0.3) is 11.6 Å². The third-order valence-corrected chi connectivity index (χ3v) is 6.91. The molecule has 0 unspecified atom stereocenters. The summed E-state index contributed by atoms with van der Waals surface area (Å²) in [4.78, 5) is 13.6. The third-order valence-electron chi connectivity index (χ3n) is 5.59. The number of amides is 1. The van der Waals surface area contributed by atoms with E-state index in [1.807, 2.05) is 60.9 Å². The van der Waals surface area contributed by atoms with Gasteiger partial charge in [-0.15, -0.1) is 10.2 Å². The van der Waals surface area contributed by atoms with E-state index in [0.717, 1.165) is 11.3 Å². The highest BCUT2D eigenvalue weighted by Gasteiger charge is 2.37. The van der Waals surface area contributed by atoms with Crippen LogP contribution < -0.4 is 0 Å². The Balaban J connectivity index is 1.40. The molecule has 3 aromatic heterocycles. The summed E-state index contributed by atoms with van der Waals surface area (Å²) in [5, 5.41) is 15.7. The Labute approximate surface area is 205 Å². The largest absolute Gasteiger partial charge is 0.467 e. The van der Waals surface area contributed by atoms with Gasteiger partial charge in [0.2, 0.25) is 0 Å². The van der Waals surface area contributed by atoms with Crippen molar-refractivity contribution in [1.29, 1.82) is 0 Å². The Bertz CT molecular complexity index is 1300. The predicted octanol–water partition coefficient (Wildman–Crippen LogP) is 5.66. The highest BCUT2D eigenvalue weighted by molar-refractivity contribution is 8.00. The lowest BCUT2D eigenvalue weighted by molar-refractivity contribution is -0.132. The fourth-order valence-corrected chi connectivity index (χ4v) is 4.96. The number of hydrazone groups is 1. The lowest BCUT2D eigenvalue weighted by Crippen LogP contribution is -2.33. The molecule has 0 saturated heterocycles. The summed E-state index contributed by atoms with van der Waals surface area (Å²) in [5.74, 6) is 1.82. The molecule has 0 bridgehead atoms. The zero-order chi connectivity index (χ0) is 23.7. The van der Waals surface area contributed by atoms with Crippen molar-refractivity contribution in [2.24, 2.45) is 5.10 Å². The third kappa shape index (κ3) is 4.28. The first-order chi connectivity index (χ1) is 16.5. The van der Waals surface area contributed by atoms with Crippen LogP contribution in [0, 0.1) is 0 Å². The SMILES string of the molecule is CCn1c(S[C@H](C)C(=O)N2N=C(c3ccc(Cl)cc3)C[C@H]2c2ccco2)nnc1-c1ccco1. The van der Waals surface area contributed by atoms with Crippen molar-refractivity contribution in [3.63, 3.8) is 0 Å². The van der Waals surface area contributed by atoms with Crippen LogP contribution in [0.4, 0.5) is 0 Å². The maximum absolute atomic E-state index is 13.6. The number of nitrogens with zero attached hydrogens (tertiary/aromatic N) is 5. The van der Waals surface area contributed by atoms with Crippen molar-refractivity contribution in [2.75, 3.05) is 0 Å². The molecule has 1 aliphatic rings. The number of furan rings is 2. The molecular formula is C24H22ClN5O3S.